The van der Waals surface area contributed by atoms with Crippen LogP contribution in [0.2, 0.25) is 0 Å². The molecule has 0 atom stereocenters. The van der Waals surface area contributed by atoms with Crippen molar-refractivity contribution in [2.45, 2.75) is 50.5 Å². The van der Waals surface area contributed by atoms with Gasteiger partial charge in [0.05, 0.1) is 23.3 Å². The predicted molar refractivity (Wildman–Crippen MR) is 148 cm³/mol. The van der Waals surface area contributed by atoms with Crippen molar-refractivity contribution in [2.75, 3.05) is 13.7 Å². The van der Waals surface area contributed by atoms with Crippen molar-refractivity contribution < 1.29 is 32.3 Å². The van der Waals surface area contributed by atoms with E-state index in [0.29, 0.717) is 25.1 Å². The number of nitrogens with zero attached hydrogens (tertiary/aromatic N) is 1. The number of hydrogen-bond donors (Lipinski definition) is 2. The highest BCUT2D eigenvalue weighted by Crippen LogP contribution is 2.13. The summed E-state index contributed by atoms with van der Waals surface area (Å²) in [6, 6.07) is 15.7. The fourth-order valence-corrected chi connectivity index (χ4v) is 4.60. The zero-order valence-electron chi connectivity index (χ0n) is 22.5. The SMILES string of the molecule is CCCCCC(=O)OCc1ccc(C(=O)NS(=O)(=O)c2ccc(C(=O)NCCc3ccc(OC)cc3)cc2)cn1. The highest BCUT2D eigenvalue weighted by molar-refractivity contribution is 7.90. The minimum Gasteiger partial charge on any atom is -0.497 e. The van der Waals surface area contributed by atoms with Gasteiger partial charge in [-0.1, -0.05) is 31.9 Å². The molecule has 0 aliphatic heterocycles. The van der Waals surface area contributed by atoms with E-state index in [9.17, 15) is 22.8 Å². The molecule has 0 saturated carbocycles. The lowest BCUT2D eigenvalue weighted by atomic mass is 10.1. The van der Waals surface area contributed by atoms with Gasteiger partial charge >= 0.3 is 5.97 Å². The lowest BCUT2D eigenvalue weighted by Crippen LogP contribution is -2.31. The Morgan fingerprint density at radius 3 is 2.20 bits per heavy atom. The first-order valence-electron chi connectivity index (χ1n) is 12.9. The molecule has 11 heteroatoms. The largest absolute Gasteiger partial charge is 0.497 e. The van der Waals surface area contributed by atoms with Gasteiger partial charge in [-0.15, -0.1) is 0 Å². The van der Waals surface area contributed by atoms with Gasteiger partial charge in [0.1, 0.15) is 12.4 Å². The molecule has 3 aromatic rings. The molecule has 0 aliphatic rings. The Morgan fingerprint density at radius 1 is 0.875 bits per heavy atom. The van der Waals surface area contributed by atoms with E-state index in [-0.39, 0.29) is 34.5 Å². The van der Waals surface area contributed by atoms with Crippen LogP contribution >= 0.6 is 0 Å². The van der Waals surface area contributed by atoms with Gasteiger partial charge in [-0.25, -0.2) is 13.1 Å². The van der Waals surface area contributed by atoms with Crippen molar-refractivity contribution in [2.24, 2.45) is 0 Å². The van der Waals surface area contributed by atoms with E-state index in [1.54, 1.807) is 7.11 Å². The Morgan fingerprint density at radius 2 is 1.57 bits per heavy atom. The smallest absolute Gasteiger partial charge is 0.306 e. The zero-order valence-corrected chi connectivity index (χ0v) is 23.3. The van der Waals surface area contributed by atoms with E-state index in [1.807, 2.05) is 35.9 Å². The summed E-state index contributed by atoms with van der Waals surface area (Å²) in [5.74, 6) is -0.781. The zero-order chi connectivity index (χ0) is 29.0. The molecule has 3 rings (SSSR count). The quantitative estimate of drug-likeness (QED) is 0.221. The van der Waals surface area contributed by atoms with Crippen LogP contribution in [-0.2, 0) is 32.6 Å². The van der Waals surface area contributed by atoms with Crippen LogP contribution in [0.15, 0.2) is 71.8 Å². The Bertz CT molecular complexity index is 1390. The van der Waals surface area contributed by atoms with Gasteiger partial charge in [-0.3, -0.25) is 19.4 Å². The number of hydrogen-bond acceptors (Lipinski definition) is 8. The fraction of sp³-hybridized carbons (Fsp3) is 0.310. The maximum Gasteiger partial charge on any atom is 0.306 e. The summed E-state index contributed by atoms with van der Waals surface area (Å²) in [5.41, 5.74) is 1.77. The van der Waals surface area contributed by atoms with Crippen LogP contribution in [0.3, 0.4) is 0 Å². The molecule has 212 valence electrons. The lowest BCUT2D eigenvalue weighted by Gasteiger charge is -2.09. The fourth-order valence-electron chi connectivity index (χ4n) is 3.63. The standard InChI is InChI=1S/C29H33N3O7S/c1-3-4-5-6-27(33)39-20-24-12-9-23(19-31-24)29(35)32-40(36,37)26-15-10-22(11-16-26)28(34)30-18-17-21-7-13-25(38-2)14-8-21/h7-16,19H,3-6,17-18,20H2,1-2H3,(H,30,34)(H,32,35). The van der Waals surface area contributed by atoms with Gasteiger partial charge in [0.25, 0.3) is 21.8 Å². The van der Waals surface area contributed by atoms with Crippen LogP contribution in [0.25, 0.3) is 0 Å². The molecule has 2 N–H and O–H groups in total. The number of nitrogens with one attached hydrogen (secondary N) is 2. The van der Waals surface area contributed by atoms with Crippen LogP contribution in [-0.4, -0.2) is 44.8 Å². The van der Waals surface area contributed by atoms with Crippen molar-refractivity contribution in [3.63, 3.8) is 0 Å². The molecule has 40 heavy (non-hydrogen) atoms. The van der Waals surface area contributed by atoms with Gasteiger partial charge in [0.2, 0.25) is 0 Å². The third-order valence-electron chi connectivity index (χ3n) is 5.96. The van der Waals surface area contributed by atoms with Crippen LogP contribution in [0.1, 0.15) is 64.6 Å². The molecule has 1 heterocycles. The number of methoxy groups -OCH3 is 1. The van der Waals surface area contributed by atoms with Crippen LogP contribution in [0.5, 0.6) is 5.75 Å². The highest BCUT2D eigenvalue weighted by Gasteiger charge is 2.20. The van der Waals surface area contributed by atoms with Gasteiger partial charge in [-0.05, 0) is 66.9 Å². The molecule has 0 fully saturated rings. The molecule has 0 radical (unpaired) electrons. The van der Waals surface area contributed by atoms with Crippen molar-refractivity contribution in [3.8, 4) is 5.75 Å². The van der Waals surface area contributed by atoms with Crippen LogP contribution in [0.4, 0.5) is 0 Å². The van der Waals surface area contributed by atoms with Gasteiger partial charge in [0, 0.05) is 24.7 Å². The molecule has 2 amide bonds. The second-order valence-corrected chi connectivity index (χ2v) is 10.7. The molecule has 1 aromatic heterocycles. The number of amides is 2. The molecule has 0 aliphatic carbocycles. The second-order valence-electron chi connectivity index (χ2n) is 8.97. The summed E-state index contributed by atoms with van der Waals surface area (Å²) >= 11 is 0. The molecular weight excluding hydrogens is 534 g/mol. The number of rotatable bonds is 14. The number of aromatic nitrogens is 1. The van der Waals surface area contributed by atoms with Gasteiger partial charge in [0.15, 0.2) is 0 Å². The normalized spacial score (nSPS) is 10.9. The Hall–Kier alpha value is -4.25. The van der Waals surface area contributed by atoms with E-state index in [4.69, 9.17) is 9.47 Å². The molecule has 10 nitrogen and oxygen atoms in total. The van der Waals surface area contributed by atoms with E-state index in [1.165, 1.54) is 42.6 Å². The topological polar surface area (TPSA) is 141 Å². The predicted octanol–water partition coefficient (Wildman–Crippen LogP) is 3.80. The number of ether oxygens (including phenoxy) is 2. The van der Waals surface area contributed by atoms with E-state index < -0.39 is 15.9 Å². The first-order chi connectivity index (χ1) is 19.2. The summed E-state index contributed by atoms with van der Waals surface area (Å²) in [6.45, 7) is 2.41. The number of sulfonamides is 1. The van der Waals surface area contributed by atoms with Crippen molar-refractivity contribution in [3.05, 3.63) is 89.2 Å². The summed E-state index contributed by atoms with van der Waals surface area (Å²) < 4.78 is 37.7. The second kappa shape index (κ2) is 14.8. The summed E-state index contributed by atoms with van der Waals surface area (Å²) in [6.07, 6.45) is 4.88. The molecular formula is C29H33N3O7S. The minimum atomic E-state index is -4.19. The molecule has 0 unspecified atom stereocenters. The van der Waals surface area contributed by atoms with Crippen LogP contribution < -0.4 is 14.8 Å². The van der Waals surface area contributed by atoms with E-state index in [2.05, 4.69) is 10.3 Å². The lowest BCUT2D eigenvalue weighted by molar-refractivity contribution is -0.145. The average Bonchev–Trinajstić information content (AvgIpc) is 2.96. The van der Waals surface area contributed by atoms with Crippen LogP contribution in [0, 0.1) is 0 Å². The maximum atomic E-state index is 12.7. The van der Waals surface area contributed by atoms with E-state index >= 15 is 0 Å². The molecule has 0 bridgehead atoms. The third kappa shape index (κ3) is 9.19. The number of benzene rings is 2. The number of esters is 1. The Balaban J connectivity index is 1.49. The van der Waals surface area contributed by atoms with Gasteiger partial charge < -0.3 is 14.8 Å². The van der Waals surface area contributed by atoms with Gasteiger partial charge in [-0.2, -0.15) is 0 Å². The third-order valence-corrected chi connectivity index (χ3v) is 7.31. The number of carbonyl (C=O) groups excluding carboxylic acids is 3. The average molecular weight is 568 g/mol. The minimum absolute atomic E-state index is 0.0226. The van der Waals surface area contributed by atoms with E-state index in [0.717, 1.165) is 30.6 Å². The molecule has 0 spiro atoms. The maximum absolute atomic E-state index is 12.7. The number of unbranched alkanes of at least 4 members (excludes halogenated alkanes) is 2. The number of pyridine rings is 1. The number of carbonyl (C=O) groups is 3. The Labute approximate surface area is 234 Å². The Kier molecular flexibility index (Phi) is 11.2. The first-order valence-corrected chi connectivity index (χ1v) is 14.4. The monoisotopic (exact) mass is 567 g/mol. The molecule has 2 aromatic carbocycles. The highest BCUT2D eigenvalue weighted by atomic mass is 32.2. The summed E-state index contributed by atoms with van der Waals surface area (Å²) in [4.78, 5) is 40.6. The first kappa shape index (κ1) is 30.3. The molecule has 0 saturated heterocycles. The summed E-state index contributed by atoms with van der Waals surface area (Å²) in [5, 5.41) is 2.79. The summed E-state index contributed by atoms with van der Waals surface area (Å²) in [7, 11) is -2.60. The van der Waals surface area contributed by atoms with Crippen molar-refractivity contribution >= 4 is 27.8 Å². The van der Waals surface area contributed by atoms with Crippen molar-refractivity contribution in [1.82, 2.24) is 15.0 Å². The van der Waals surface area contributed by atoms with Crippen molar-refractivity contribution in [1.29, 1.82) is 0 Å².